The number of carbonyl (C=O) groups excluding carboxylic acids is 1. The fraction of sp³-hybridized carbons (Fsp3) is 0.625. The van der Waals surface area contributed by atoms with E-state index in [-0.39, 0.29) is 18.1 Å². The number of aliphatic carboxylic acids is 1. The van der Waals surface area contributed by atoms with Crippen molar-refractivity contribution in [2.45, 2.75) is 43.5 Å². The summed E-state index contributed by atoms with van der Waals surface area (Å²) in [5.41, 5.74) is -0.0618. The molecule has 23 heavy (non-hydrogen) atoms. The van der Waals surface area contributed by atoms with Crippen molar-refractivity contribution in [3.63, 3.8) is 0 Å². The summed E-state index contributed by atoms with van der Waals surface area (Å²) in [6.07, 6.45) is 2.31. The SMILES string of the molecule is O=C(O)C1CC2CCC1(C(=O)NCC1OCCc3sccc31)O2. The standard InChI is InChI=1S/C16H19NO5S/c18-14(19)11-7-9-1-4-16(11,22-9)15(20)17-8-12-10-3-6-23-13(10)2-5-21-12/h3,6,9,11-12H,1-2,4-5,7-8H2,(H,17,20)(H,18,19). The van der Waals surface area contributed by atoms with Crippen LogP contribution in [0.3, 0.4) is 0 Å². The molecule has 2 fully saturated rings. The van der Waals surface area contributed by atoms with Crippen LogP contribution < -0.4 is 5.32 Å². The number of nitrogens with one attached hydrogen (secondary N) is 1. The Morgan fingerprint density at radius 3 is 3.13 bits per heavy atom. The summed E-state index contributed by atoms with van der Waals surface area (Å²) in [7, 11) is 0. The highest BCUT2D eigenvalue weighted by atomic mass is 32.1. The minimum atomic E-state index is -1.19. The van der Waals surface area contributed by atoms with Gasteiger partial charge in [0.25, 0.3) is 5.91 Å². The van der Waals surface area contributed by atoms with Gasteiger partial charge in [-0.1, -0.05) is 0 Å². The first-order valence-electron chi connectivity index (χ1n) is 7.97. The van der Waals surface area contributed by atoms with Gasteiger partial charge >= 0.3 is 5.97 Å². The van der Waals surface area contributed by atoms with Gasteiger partial charge in [-0.2, -0.15) is 0 Å². The molecular formula is C16H19NO5S. The summed E-state index contributed by atoms with van der Waals surface area (Å²) >= 11 is 1.71. The Hall–Kier alpha value is -1.44. The average Bonchev–Trinajstić information content (AvgIpc) is 3.26. The fourth-order valence-electron chi connectivity index (χ4n) is 4.02. The molecular weight excluding hydrogens is 318 g/mol. The lowest BCUT2D eigenvalue weighted by molar-refractivity contribution is -0.157. The van der Waals surface area contributed by atoms with E-state index in [1.807, 2.05) is 11.4 Å². The van der Waals surface area contributed by atoms with Crippen LogP contribution in [0.2, 0.25) is 0 Å². The monoisotopic (exact) mass is 337 g/mol. The Kier molecular flexibility index (Phi) is 3.66. The van der Waals surface area contributed by atoms with Crippen molar-refractivity contribution in [2.24, 2.45) is 5.92 Å². The highest BCUT2D eigenvalue weighted by molar-refractivity contribution is 7.10. The second kappa shape index (κ2) is 5.58. The van der Waals surface area contributed by atoms with E-state index in [1.54, 1.807) is 11.3 Å². The van der Waals surface area contributed by atoms with Gasteiger partial charge in [0.2, 0.25) is 0 Å². The molecule has 0 aromatic carbocycles. The van der Waals surface area contributed by atoms with E-state index in [0.717, 1.165) is 18.4 Å². The molecule has 3 aliphatic heterocycles. The lowest BCUT2D eigenvalue weighted by atomic mass is 9.78. The third-order valence-corrected chi connectivity index (χ3v) is 6.18. The zero-order valence-electron chi connectivity index (χ0n) is 12.6. The number of ether oxygens (including phenoxy) is 2. The molecule has 2 bridgehead atoms. The predicted octanol–water partition coefficient (Wildman–Crippen LogP) is 1.50. The Labute approximate surface area is 137 Å². The van der Waals surface area contributed by atoms with Crippen LogP contribution in [0.15, 0.2) is 11.4 Å². The lowest BCUT2D eigenvalue weighted by Gasteiger charge is -2.30. The van der Waals surface area contributed by atoms with Gasteiger partial charge in [0.15, 0.2) is 5.60 Å². The van der Waals surface area contributed by atoms with Gasteiger partial charge in [0.1, 0.15) is 6.10 Å². The van der Waals surface area contributed by atoms with Gasteiger partial charge in [-0.25, -0.2) is 0 Å². The summed E-state index contributed by atoms with van der Waals surface area (Å²) < 4.78 is 11.5. The molecule has 1 aromatic rings. The van der Waals surface area contributed by atoms with E-state index in [2.05, 4.69) is 5.32 Å². The molecule has 4 atom stereocenters. The Morgan fingerprint density at radius 1 is 1.48 bits per heavy atom. The first kappa shape index (κ1) is 15.1. The molecule has 4 heterocycles. The Morgan fingerprint density at radius 2 is 2.35 bits per heavy atom. The molecule has 3 aliphatic rings. The van der Waals surface area contributed by atoms with Crippen LogP contribution in [0, 0.1) is 5.92 Å². The van der Waals surface area contributed by atoms with E-state index in [0.29, 0.717) is 26.0 Å². The number of hydrogen-bond donors (Lipinski definition) is 2. The largest absolute Gasteiger partial charge is 0.481 e. The maximum absolute atomic E-state index is 12.7. The van der Waals surface area contributed by atoms with Crippen LogP contribution in [-0.4, -0.2) is 41.8 Å². The molecule has 4 unspecified atom stereocenters. The van der Waals surface area contributed by atoms with Crippen LogP contribution in [0.4, 0.5) is 0 Å². The molecule has 0 saturated carbocycles. The van der Waals surface area contributed by atoms with Gasteiger partial charge < -0.3 is 19.9 Å². The molecule has 1 amide bonds. The first-order valence-corrected chi connectivity index (χ1v) is 8.85. The van der Waals surface area contributed by atoms with Crippen LogP contribution in [0.5, 0.6) is 0 Å². The minimum absolute atomic E-state index is 0.101. The van der Waals surface area contributed by atoms with Gasteiger partial charge in [-0.05, 0) is 36.3 Å². The Bertz CT molecular complexity index is 644. The maximum Gasteiger partial charge on any atom is 0.310 e. The summed E-state index contributed by atoms with van der Waals surface area (Å²) in [5.74, 6) is -2.00. The summed E-state index contributed by atoms with van der Waals surface area (Å²) in [6, 6.07) is 2.03. The molecule has 6 nitrogen and oxygen atoms in total. The van der Waals surface area contributed by atoms with Crippen molar-refractivity contribution < 1.29 is 24.2 Å². The van der Waals surface area contributed by atoms with Crippen molar-refractivity contribution in [2.75, 3.05) is 13.2 Å². The third-order valence-electron chi connectivity index (χ3n) is 5.18. The molecule has 0 radical (unpaired) electrons. The summed E-state index contributed by atoms with van der Waals surface area (Å²) in [4.78, 5) is 25.4. The quantitative estimate of drug-likeness (QED) is 0.870. The van der Waals surface area contributed by atoms with E-state index in [4.69, 9.17) is 9.47 Å². The number of hydrogen-bond acceptors (Lipinski definition) is 5. The smallest absolute Gasteiger partial charge is 0.310 e. The number of carboxylic acid groups (broad SMARTS) is 1. The number of amides is 1. The molecule has 1 aromatic heterocycles. The van der Waals surface area contributed by atoms with Crippen LogP contribution in [-0.2, 0) is 25.5 Å². The van der Waals surface area contributed by atoms with Gasteiger partial charge in [0, 0.05) is 17.8 Å². The molecule has 0 aliphatic carbocycles. The van der Waals surface area contributed by atoms with Gasteiger partial charge in [-0.15, -0.1) is 11.3 Å². The molecule has 4 rings (SSSR count). The van der Waals surface area contributed by atoms with Crippen molar-refractivity contribution in [1.82, 2.24) is 5.32 Å². The molecule has 2 saturated heterocycles. The van der Waals surface area contributed by atoms with E-state index >= 15 is 0 Å². The van der Waals surface area contributed by atoms with Crippen molar-refractivity contribution in [3.05, 3.63) is 21.9 Å². The zero-order chi connectivity index (χ0) is 16.0. The molecule has 124 valence electrons. The van der Waals surface area contributed by atoms with Gasteiger partial charge in [0.05, 0.1) is 18.6 Å². The van der Waals surface area contributed by atoms with Crippen molar-refractivity contribution >= 4 is 23.2 Å². The van der Waals surface area contributed by atoms with Crippen molar-refractivity contribution in [1.29, 1.82) is 0 Å². The fourth-order valence-corrected chi connectivity index (χ4v) is 4.94. The second-order valence-electron chi connectivity index (χ2n) is 6.41. The predicted molar refractivity (Wildman–Crippen MR) is 82.3 cm³/mol. The highest BCUT2D eigenvalue weighted by Crippen LogP contribution is 2.48. The van der Waals surface area contributed by atoms with Crippen LogP contribution in [0.1, 0.15) is 35.8 Å². The third kappa shape index (κ3) is 2.38. The normalized spacial score (nSPS) is 35.0. The molecule has 7 heteroatoms. The number of carboxylic acids is 1. The van der Waals surface area contributed by atoms with E-state index < -0.39 is 17.5 Å². The summed E-state index contributed by atoms with van der Waals surface area (Å²) in [6.45, 7) is 1.00. The maximum atomic E-state index is 12.7. The van der Waals surface area contributed by atoms with E-state index in [1.165, 1.54) is 4.88 Å². The number of fused-ring (bicyclic) bond motifs is 3. The van der Waals surface area contributed by atoms with Crippen LogP contribution >= 0.6 is 11.3 Å². The first-order chi connectivity index (χ1) is 11.1. The van der Waals surface area contributed by atoms with E-state index in [9.17, 15) is 14.7 Å². The number of thiophene rings is 1. The molecule has 0 spiro atoms. The lowest BCUT2D eigenvalue weighted by Crippen LogP contribution is -2.52. The highest BCUT2D eigenvalue weighted by Gasteiger charge is 2.61. The zero-order valence-corrected chi connectivity index (χ0v) is 13.4. The minimum Gasteiger partial charge on any atom is -0.481 e. The van der Waals surface area contributed by atoms with Gasteiger partial charge in [-0.3, -0.25) is 9.59 Å². The van der Waals surface area contributed by atoms with Crippen molar-refractivity contribution in [3.8, 4) is 0 Å². The Balaban J connectivity index is 1.46. The summed E-state index contributed by atoms with van der Waals surface area (Å²) in [5, 5.41) is 14.3. The number of rotatable bonds is 4. The molecule has 2 N–H and O–H groups in total. The number of carbonyl (C=O) groups is 2. The van der Waals surface area contributed by atoms with Crippen LogP contribution in [0.25, 0.3) is 0 Å². The second-order valence-corrected chi connectivity index (χ2v) is 7.41. The average molecular weight is 337 g/mol. The topological polar surface area (TPSA) is 84.9 Å².